The molecule has 1 aromatic rings. The topological polar surface area (TPSA) is 118 Å². The number of rotatable bonds is 5. The predicted molar refractivity (Wildman–Crippen MR) is 75.7 cm³/mol. The molecule has 8 heteroatoms. The number of carbonyl (C=O) groups excluding carboxylic acids is 2. The maximum absolute atomic E-state index is 11.7. The van der Waals surface area contributed by atoms with Crippen molar-refractivity contribution in [1.82, 2.24) is 10.6 Å². The highest BCUT2D eigenvalue weighted by molar-refractivity contribution is 7.89. The van der Waals surface area contributed by atoms with Crippen LogP contribution in [0.5, 0.6) is 0 Å². The molecule has 0 aliphatic carbocycles. The van der Waals surface area contributed by atoms with Crippen molar-refractivity contribution >= 4 is 21.8 Å². The van der Waals surface area contributed by atoms with Crippen LogP contribution in [0.3, 0.4) is 0 Å². The number of carbonyl (C=O) groups is 2. The first-order valence-electron chi connectivity index (χ1n) is 6.55. The normalized spacial score (nSPS) is 18.3. The first-order valence-corrected chi connectivity index (χ1v) is 8.10. The quantitative estimate of drug-likeness (QED) is 0.664. The third-order valence-electron chi connectivity index (χ3n) is 3.28. The van der Waals surface area contributed by atoms with Crippen LogP contribution in [0, 0.1) is 0 Å². The van der Waals surface area contributed by atoms with Gasteiger partial charge in [0.1, 0.15) is 6.04 Å². The van der Waals surface area contributed by atoms with Crippen LogP contribution in [0.15, 0.2) is 29.2 Å². The van der Waals surface area contributed by atoms with Gasteiger partial charge in [-0.2, -0.15) is 0 Å². The minimum atomic E-state index is -3.68. The van der Waals surface area contributed by atoms with Crippen LogP contribution in [0.2, 0.25) is 0 Å². The number of nitrogens with one attached hydrogen (secondary N) is 2. The van der Waals surface area contributed by atoms with Gasteiger partial charge in [0.25, 0.3) is 0 Å². The van der Waals surface area contributed by atoms with Crippen LogP contribution < -0.4 is 15.8 Å². The first-order chi connectivity index (χ1) is 9.86. The van der Waals surface area contributed by atoms with Crippen molar-refractivity contribution in [3.8, 4) is 0 Å². The molecule has 0 radical (unpaired) electrons. The molecule has 1 atom stereocenters. The van der Waals surface area contributed by atoms with E-state index < -0.39 is 16.1 Å². The molecular weight excluding hydrogens is 294 g/mol. The van der Waals surface area contributed by atoms with Crippen molar-refractivity contribution < 1.29 is 18.0 Å². The van der Waals surface area contributed by atoms with Crippen molar-refractivity contribution in [1.29, 1.82) is 0 Å². The number of amides is 2. The molecule has 1 saturated heterocycles. The molecule has 21 heavy (non-hydrogen) atoms. The zero-order valence-corrected chi connectivity index (χ0v) is 12.2. The van der Waals surface area contributed by atoms with E-state index in [1.165, 1.54) is 12.1 Å². The van der Waals surface area contributed by atoms with Crippen LogP contribution in [-0.2, 0) is 26.0 Å². The number of sulfonamides is 1. The van der Waals surface area contributed by atoms with E-state index >= 15 is 0 Å². The molecule has 2 amide bonds. The van der Waals surface area contributed by atoms with Gasteiger partial charge in [-0.05, 0) is 30.5 Å². The van der Waals surface area contributed by atoms with Crippen molar-refractivity contribution in [2.24, 2.45) is 5.14 Å². The lowest BCUT2D eigenvalue weighted by Crippen LogP contribution is -2.42. The van der Waals surface area contributed by atoms with Crippen LogP contribution in [0.25, 0.3) is 0 Å². The maximum atomic E-state index is 11.7. The molecule has 4 N–H and O–H groups in total. The Labute approximate surface area is 123 Å². The van der Waals surface area contributed by atoms with Crippen molar-refractivity contribution in [3.63, 3.8) is 0 Å². The van der Waals surface area contributed by atoms with Gasteiger partial charge in [-0.15, -0.1) is 0 Å². The SMILES string of the molecule is NS(=O)(=O)c1ccc(CCNC(=O)C2CCC(=O)N2)cc1. The van der Waals surface area contributed by atoms with E-state index in [0.29, 0.717) is 25.8 Å². The zero-order valence-electron chi connectivity index (χ0n) is 11.3. The third kappa shape index (κ3) is 4.27. The van der Waals surface area contributed by atoms with Gasteiger partial charge in [0.15, 0.2) is 0 Å². The molecule has 0 saturated carbocycles. The Hall–Kier alpha value is -1.93. The highest BCUT2D eigenvalue weighted by Gasteiger charge is 2.26. The summed E-state index contributed by atoms with van der Waals surface area (Å²) in [6.45, 7) is 0.417. The maximum Gasteiger partial charge on any atom is 0.242 e. The average Bonchev–Trinajstić information content (AvgIpc) is 2.85. The van der Waals surface area contributed by atoms with Gasteiger partial charge in [-0.25, -0.2) is 13.6 Å². The fourth-order valence-electron chi connectivity index (χ4n) is 2.11. The first kappa shape index (κ1) is 15.5. The molecule has 7 nitrogen and oxygen atoms in total. The minimum absolute atomic E-state index is 0.0592. The number of hydrogen-bond acceptors (Lipinski definition) is 4. The highest BCUT2D eigenvalue weighted by atomic mass is 32.2. The lowest BCUT2D eigenvalue weighted by Gasteiger charge is -2.10. The Bertz CT molecular complexity index is 640. The summed E-state index contributed by atoms with van der Waals surface area (Å²) in [7, 11) is -3.68. The Kier molecular flexibility index (Phi) is 4.59. The van der Waals surface area contributed by atoms with E-state index in [1.54, 1.807) is 12.1 Å². The molecule has 1 fully saturated rings. The van der Waals surface area contributed by atoms with E-state index in [2.05, 4.69) is 10.6 Å². The molecule has 2 rings (SSSR count). The molecular formula is C13H17N3O4S. The lowest BCUT2D eigenvalue weighted by atomic mass is 10.1. The van der Waals surface area contributed by atoms with E-state index in [4.69, 9.17) is 5.14 Å². The van der Waals surface area contributed by atoms with Crippen molar-refractivity contribution in [2.75, 3.05) is 6.54 Å². The summed E-state index contributed by atoms with van der Waals surface area (Å²) < 4.78 is 22.2. The van der Waals surface area contributed by atoms with Gasteiger partial charge in [0.2, 0.25) is 21.8 Å². The molecule has 1 aliphatic heterocycles. The molecule has 0 spiro atoms. The molecule has 1 aliphatic rings. The summed E-state index contributed by atoms with van der Waals surface area (Å²) in [6, 6.07) is 5.74. The summed E-state index contributed by atoms with van der Waals surface area (Å²) in [4.78, 5) is 22.8. The summed E-state index contributed by atoms with van der Waals surface area (Å²) in [5.41, 5.74) is 0.887. The van der Waals surface area contributed by atoms with Gasteiger partial charge in [0, 0.05) is 13.0 Å². The smallest absolute Gasteiger partial charge is 0.242 e. The molecule has 1 unspecified atom stereocenters. The van der Waals surface area contributed by atoms with E-state index in [-0.39, 0.29) is 16.7 Å². The van der Waals surface area contributed by atoms with Crippen LogP contribution in [0.1, 0.15) is 18.4 Å². The monoisotopic (exact) mass is 311 g/mol. The van der Waals surface area contributed by atoms with E-state index in [0.717, 1.165) is 5.56 Å². The van der Waals surface area contributed by atoms with Gasteiger partial charge in [-0.1, -0.05) is 12.1 Å². The fourth-order valence-corrected chi connectivity index (χ4v) is 2.63. The fraction of sp³-hybridized carbons (Fsp3) is 0.385. The van der Waals surface area contributed by atoms with Crippen molar-refractivity contribution in [2.45, 2.75) is 30.2 Å². The van der Waals surface area contributed by atoms with Crippen molar-refractivity contribution in [3.05, 3.63) is 29.8 Å². The van der Waals surface area contributed by atoms with Crippen LogP contribution in [0.4, 0.5) is 0 Å². The molecule has 1 heterocycles. The largest absolute Gasteiger partial charge is 0.354 e. The Morgan fingerprint density at radius 3 is 2.52 bits per heavy atom. The number of primary sulfonamides is 1. The van der Waals surface area contributed by atoms with Gasteiger partial charge in [-0.3, -0.25) is 9.59 Å². The number of benzene rings is 1. The molecule has 0 aromatic heterocycles. The van der Waals surface area contributed by atoms with Gasteiger partial charge >= 0.3 is 0 Å². The number of hydrogen-bond donors (Lipinski definition) is 3. The predicted octanol–water partition coefficient (Wildman–Crippen LogP) is -0.729. The van der Waals surface area contributed by atoms with Crippen LogP contribution >= 0.6 is 0 Å². The Balaban J connectivity index is 1.81. The van der Waals surface area contributed by atoms with Crippen LogP contribution in [-0.4, -0.2) is 32.8 Å². The lowest BCUT2D eigenvalue weighted by molar-refractivity contribution is -0.125. The Morgan fingerprint density at radius 2 is 2.00 bits per heavy atom. The van der Waals surface area contributed by atoms with E-state index in [1.807, 2.05) is 0 Å². The summed E-state index contributed by atoms with van der Waals surface area (Å²) in [5.74, 6) is -0.296. The summed E-state index contributed by atoms with van der Waals surface area (Å²) in [6.07, 6.45) is 1.47. The second kappa shape index (κ2) is 6.23. The van der Waals surface area contributed by atoms with Gasteiger partial charge in [0.05, 0.1) is 4.90 Å². The Morgan fingerprint density at radius 1 is 1.33 bits per heavy atom. The highest BCUT2D eigenvalue weighted by Crippen LogP contribution is 2.09. The number of nitrogens with two attached hydrogens (primary N) is 1. The molecule has 0 bridgehead atoms. The molecule has 1 aromatic carbocycles. The second-order valence-corrected chi connectivity index (χ2v) is 6.45. The summed E-state index contributed by atoms with van der Waals surface area (Å²) in [5, 5.41) is 10.3. The summed E-state index contributed by atoms with van der Waals surface area (Å²) >= 11 is 0. The average molecular weight is 311 g/mol. The molecule has 114 valence electrons. The standard InChI is InChI=1S/C13H17N3O4S/c14-21(19,20)10-3-1-9(2-4-10)7-8-15-13(18)11-5-6-12(17)16-11/h1-4,11H,5-8H2,(H,15,18)(H,16,17)(H2,14,19,20). The minimum Gasteiger partial charge on any atom is -0.354 e. The van der Waals surface area contributed by atoms with E-state index in [9.17, 15) is 18.0 Å². The third-order valence-corrected chi connectivity index (χ3v) is 4.21. The second-order valence-electron chi connectivity index (χ2n) is 4.89. The zero-order chi connectivity index (χ0) is 15.5. The van der Waals surface area contributed by atoms with Gasteiger partial charge < -0.3 is 10.6 Å².